The second-order valence-corrected chi connectivity index (χ2v) is 0.540. The van der Waals surface area contributed by atoms with Gasteiger partial charge in [0, 0.05) is 0 Å². The highest BCUT2D eigenvalue weighted by atomic mass is 31.1. The summed E-state index contributed by atoms with van der Waals surface area (Å²) in [5.41, 5.74) is 0. The van der Waals surface area contributed by atoms with Crippen molar-refractivity contribution < 1.29 is 9.19 Å². The van der Waals surface area contributed by atoms with Crippen LogP contribution in [0.15, 0.2) is 0 Å². The maximum Gasteiger partial charge on any atom is 0.345 e. The lowest BCUT2D eigenvalue weighted by Crippen LogP contribution is -1.79. The SMILES string of the molecule is NOP=O. The molecule has 0 amide bonds. The maximum atomic E-state index is 8.92. The first-order valence-electron chi connectivity index (χ1n) is 0.601. The molecule has 0 aromatic carbocycles. The predicted molar refractivity (Wildman–Crippen MR) is 12.9 cm³/mol. The first-order valence-corrected chi connectivity index (χ1v) is 1.33. The molecule has 0 atom stereocenters. The smallest absolute Gasteiger partial charge is 0.239 e. The monoisotopic (exact) mass is 79.0 g/mol. The number of rotatable bonds is 1. The Morgan fingerprint density at radius 2 is 2.25 bits per heavy atom. The van der Waals surface area contributed by atoms with Crippen molar-refractivity contribution in [2.75, 3.05) is 0 Å². The van der Waals surface area contributed by atoms with Crippen LogP contribution in [0.4, 0.5) is 0 Å². The van der Waals surface area contributed by atoms with Crippen molar-refractivity contribution in [1.82, 2.24) is 0 Å². The second kappa shape index (κ2) is 3.02. The van der Waals surface area contributed by atoms with Crippen molar-refractivity contribution in [2.45, 2.75) is 0 Å². The highest BCUT2D eigenvalue weighted by Crippen LogP contribution is 1.79. The molecule has 4 heteroatoms. The molecule has 0 aliphatic rings. The van der Waals surface area contributed by atoms with Gasteiger partial charge < -0.3 is 0 Å². The van der Waals surface area contributed by atoms with Crippen molar-refractivity contribution in [3.8, 4) is 0 Å². The van der Waals surface area contributed by atoms with Crippen molar-refractivity contribution in [2.24, 2.45) is 5.90 Å². The van der Waals surface area contributed by atoms with Gasteiger partial charge in [-0.1, -0.05) is 0 Å². The van der Waals surface area contributed by atoms with Crippen molar-refractivity contribution in [3.63, 3.8) is 0 Å². The summed E-state index contributed by atoms with van der Waals surface area (Å²) in [6.45, 7) is 0. The molecule has 0 radical (unpaired) electrons. The molecule has 0 aliphatic heterocycles. The van der Waals surface area contributed by atoms with E-state index in [1.807, 2.05) is 0 Å². The van der Waals surface area contributed by atoms with Crippen LogP contribution in [0.3, 0.4) is 0 Å². The van der Waals surface area contributed by atoms with Crippen LogP contribution >= 0.6 is 8.69 Å². The average molecular weight is 79.0 g/mol. The van der Waals surface area contributed by atoms with Crippen molar-refractivity contribution >= 4 is 8.69 Å². The molecule has 0 bridgehead atoms. The third kappa shape index (κ3) is 2.02. The van der Waals surface area contributed by atoms with E-state index in [0.29, 0.717) is 0 Å². The lowest BCUT2D eigenvalue weighted by molar-refractivity contribution is 0.361. The van der Waals surface area contributed by atoms with Crippen molar-refractivity contribution in [1.29, 1.82) is 0 Å². The summed E-state index contributed by atoms with van der Waals surface area (Å²) in [5.74, 6) is 4.20. The Kier molecular flexibility index (Phi) is 3.04. The van der Waals surface area contributed by atoms with E-state index in [1.54, 1.807) is 0 Å². The van der Waals surface area contributed by atoms with Gasteiger partial charge in [0.15, 0.2) is 0 Å². The summed E-state index contributed by atoms with van der Waals surface area (Å²) in [6, 6.07) is 0. The molecule has 0 unspecified atom stereocenters. The van der Waals surface area contributed by atoms with E-state index >= 15 is 0 Å². The quantitative estimate of drug-likeness (QED) is 0.357. The first kappa shape index (κ1) is 4.02. The molecule has 0 heterocycles. The minimum absolute atomic E-state index is 0.474. The fraction of sp³-hybridized carbons (Fsp3) is 0. The highest BCUT2D eigenvalue weighted by Gasteiger charge is 1.51. The van der Waals surface area contributed by atoms with Gasteiger partial charge in [0.1, 0.15) is 0 Å². The molecule has 0 aromatic heterocycles. The molecular weight excluding hydrogens is 77.0 g/mol. The third-order valence-electron chi connectivity index (χ3n) is 0.0430. The van der Waals surface area contributed by atoms with Crippen LogP contribution in [-0.4, -0.2) is 0 Å². The Balaban J connectivity index is 2.30. The standard InChI is InChI=1S/H2NO2P/c1-3-4-2/h1H2. The van der Waals surface area contributed by atoms with E-state index in [0.717, 1.165) is 0 Å². The Hall–Kier alpha value is 0.0200. The molecule has 0 fully saturated rings. The molecule has 4 heavy (non-hydrogen) atoms. The van der Waals surface area contributed by atoms with Crippen LogP contribution < -0.4 is 5.90 Å². The van der Waals surface area contributed by atoms with Crippen LogP contribution in [0.5, 0.6) is 0 Å². The maximum absolute atomic E-state index is 8.92. The summed E-state index contributed by atoms with van der Waals surface area (Å²) in [5, 5.41) is 0. The lowest BCUT2D eigenvalue weighted by Gasteiger charge is -1.58. The van der Waals surface area contributed by atoms with Gasteiger partial charge in [0.25, 0.3) is 0 Å². The summed E-state index contributed by atoms with van der Waals surface area (Å²) >= 11 is 0. The Morgan fingerprint density at radius 1 is 2.00 bits per heavy atom. The van der Waals surface area contributed by atoms with Crippen LogP contribution in [0.1, 0.15) is 0 Å². The third-order valence-corrected chi connectivity index (χ3v) is 0.129. The molecule has 0 aromatic rings. The van der Waals surface area contributed by atoms with Crippen molar-refractivity contribution in [3.05, 3.63) is 0 Å². The number of hydrogen-bond donors (Lipinski definition) is 1. The summed E-state index contributed by atoms with van der Waals surface area (Å²) < 4.78 is 12.4. The van der Waals surface area contributed by atoms with Crippen LogP contribution in [-0.2, 0) is 9.19 Å². The number of nitrogens with two attached hydrogens (primary N) is 1. The topological polar surface area (TPSA) is 52.3 Å². The van der Waals surface area contributed by atoms with E-state index < -0.39 is 8.69 Å². The van der Waals surface area contributed by atoms with E-state index in [4.69, 9.17) is 4.57 Å². The largest absolute Gasteiger partial charge is 0.345 e. The molecule has 3 nitrogen and oxygen atoms in total. The van der Waals surface area contributed by atoms with Gasteiger partial charge in [-0.25, -0.2) is 15.1 Å². The van der Waals surface area contributed by atoms with Gasteiger partial charge in [-0.2, -0.15) is 0 Å². The summed E-state index contributed by atoms with van der Waals surface area (Å²) in [7, 11) is -0.474. The predicted octanol–water partition coefficient (Wildman–Crippen LogP) is 0.0834. The molecule has 24 valence electrons. The zero-order valence-corrected chi connectivity index (χ0v) is 2.74. The molecular formula is H2NO2P. The van der Waals surface area contributed by atoms with Gasteiger partial charge in [-0.3, -0.25) is 0 Å². The van der Waals surface area contributed by atoms with Crippen LogP contribution in [0.2, 0.25) is 0 Å². The molecule has 2 N–H and O–H groups in total. The van der Waals surface area contributed by atoms with E-state index in [2.05, 4.69) is 10.5 Å². The van der Waals surface area contributed by atoms with E-state index in [-0.39, 0.29) is 0 Å². The average Bonchev–Trinajstić information content (AvgIpc) is 1.37. The molecule has 0 saturated carbocycles. The Labute approximate surface area is 25.0 Å². The lowest BCUT2D eigenvalue weighted by atomic mass is 13.6. The molecule has 0 aliphatic carbocycles. The van der Waals surface area contributed by atoms with Gasteiger partial charge in [-0.05, 0) is 0 Å². The molecule has 0 rings (SSSR count). The minimum atomic E-state index is -0.474. The Bertz CT molecular complexity index is 20.0. The fourth-order valence-electron chi connectivity index (χ4n) is 0. The molecule has 0 spiro atoms. The van der Waals surface area contributed by atoms with E-state index in [9.17, 15) is 0 Å². The Morgan fingerprint density at radius 3 is 2.25 bits per heavy atom. The number of hydrogen-bond acceptors (Lipinski definition) is 3. The van der Waals surface area contributed by atoms with Crippen LogP contribution in [0.25, 0.3) is 0 Å². The minimum Gasteiger partial charge on any atom is -0.239 e. The van der Waals surface area contributed by atoms with E-state index in [1.165, 1.54) is 0 Å². The summed E-state index contributed by atoms with van der Waals surface area (Å²) in [6.07, 6.45) is 0. The zero-order chi connectivity index (χ0) is 3.41. The fourth-order valence-corrected chi connectivity index (χ4v) is 0. The second-order valence-electron chi connectivity index (χ2n) is 0.180. The van der Waals surface area contributed by atoms with Gasteiger partial charge >= 0.3 is 8.69 Å². The highest BCUT2D eigenvalue weighted by molar-refractivity contribution is 7.17. The normalized spacial score (nSPS) is 8.25. The summed E-state index contributed by atoms with van der Waals surface area (Å²) in [4.78, 5) is 0. The van der Waals surface area contributed by atoms with Crippen LogP contribution in [0, 0.1) is 0 Å². The van der Waals surface area contributed by atoms with Gasteiger partial charge in [0.2, 0.25) is 0 Å². The van der Waals surface area contributed by atoms with Gasteiger partial charge in [-0.15, -0.1) is 0 Å². The van der Waals surface area contributed by atoms with Gasteiger partial charge in [0.05, 0.1) is 0 Å². The zero-order valence-electron chi connectivity index (χ0n) is 1.84. The molecule has 0 saturated heterocycles. The first-order chi connectivity index (χ1) is 1.91.